The SMILES string of the molecule is CC(C)C#CCCCNCC(C)C.[HH]. The van der Waals surface area contributed by atoms with Crippen LogP contribution in [-0.4, -0.2) is 13.1 Å². The summed E-state index contributed by atoms with van der Waals surface area (Å²) in [6.45, 7) is 10.9. The molecule has 0 radical (unpaired) electrons. The van der Waals surface area contributed by atoms with Gasteiger partial charge in [0.1, 0.15) is 0 Å². The zero-order valence-corrected chi connectivity index (χ0v) is 9.48. The molecule has 0 saturated carbocycles. The van der Waals surface area contributed by atoms with E-state index in [1.807, 2.05) is 0 Å². The minimum absolute atomic E-state index is 0. The monoisotopic (exact) mass is 183 g/mol. The van der Waals surface area contributed by atoms with Gasteiger partial charge in [-0.3, -0.25) is 0 Å². The fourth-order valence-corrected chi connectivity index (χ4v) is 0.969. The van der Waals surface area contributed by atoms with Crippen molar-refractivity contribution < 1.29 is 1.43 Å². The number of rotatable bonds is 5. The van der Waals surface area contributed by atoms with Gasteiger partial charge in [0.25, 0.3) is 0 Å². The summed E-state index contributed by atoms with van der Waals surface area (Å²) >= 11 is 0. The second kappa shape index (κ2) is 8.13. The van der Waals surface area contributed by atoms with E-state index in [0.717, 1.165) is 25.4 Å². The average Bonchev–Trinajstić information content (AvgIpc) is 2.01. The molecule has 13 heavy (non-hydrogen) atoms. The quantitative estimate of drug-likeness (QED) is 0.510. The Labute approximate surface area is 84.8 Å². The van der Waals surface area contributed by atoms with Crippen LogP contribution >= 0.6 is 0 Å². The van der Waals surface area contributed by atoms with Crippen LogP contribution in [-0.2, 0) is 0 Å². The second-order valence-corrected chi connectivity index (χ2v) is 4.18. The molecule has 0 fully saturated rings. The molecule has 0 bridgehead atoms. The molecule has 0 unspecified atom stereocenters. The van der Waals surface area contributed by atoms with Crippen molar-refractivity contribution in [3.63, 3.8) is 0 Å². The van der Waals surface area contributed by atoms with Crippen LogP contribution in [0.5, 0.6) is 0 Å². The first-order valence-corrected chi connectivity index (χ1v) is 5.32. The fraction of sp³-hybridized carbons (Fsp3) is 0.833. The summed E-state index contributed by atoms with van der Waals surface area (Å²) in [5, 5.41) is 3.41. The van der Waals surface area contributed by atoms with Crippen molar-refractivity contribution in [1.29, 1.82) is 0 Å². The van der Waals surface area contributed by atoms with Crippen LogP contribution in [0.25, 0.3) is 0 Å². The van der Waals surface area contributed by atoms with Crippen molar-refractivity contribution >= 4 is 0 Å². The number of unbranched alkanes of at least 4 members (excludes halogenated alkanes) is 1. The van der Waals surface area contributed by atoms with Gasteiger partial charge in [0, 0.05) is 13.8 Å². The predicted octanol–water partition coefficient (Wildman–Crippen LogP) is 2.92. The van der Waals surface area contributed by atoms with Gasteiger partial charge in [0.2, 0.25) is 0 Å². The van der Waals surface area contributed by atoms with Crippen LogP contribution in [0.4, 0.5) is 0 Å². The third-order valence-electron chi connectivity index (χ3n) is 1.60. The van der Waals surface area contributed by atoms with E-state index in [0.29, 0.717) is 5.92 Å². The first-order chi connectivity index (χ1) is 6.13. The molecule has 0 heterocycles. The van der Waals surface area contributed by atoms with Gasteiger partial charge in [-0.25, -0.2) is 0 Å². The van der Waals surface area contributed by atoms with Crippen LogP contribution in [0.2, 0.25) is 0 Å². The summed E-state index contributed by atoms with van der Waals surface area (Å²) in [6, 6.07) is 0. The van der Waals surface area contributed by atoms with Crippen molar-refractivity contribution in [3.05, 3.63) is 0 Å². The Hall–Kier alpha value is -0.480. The Balaban J connectivity index is 0. The average molecular weight is 183 g/mol. The smallest absolute Gasteiger partial charge is 0.0146 e. The molecule has 78 valence electrons. The zero-order chi connectivity index (χ0) is 10.1. The van der Waals surface area contributed by atoms with Crippen molar-refractivity contribution in [2.45, 2.75) is 40.5 Å². The lowest BCUT2D eigenvalue weighted by atomic mass is 10.2. The first kappa shape index (κ1) is 12.5. The van der Waals surface area contributed by atoms with Gasteiger partial charge in [-0.05, 0) is 25.4 Å². The minimum atomic E-state index is 0. The van der Waals surface area contributed by atoms with Crippen LogP contribution in [0, 0.1) is 23.7 Å². The van der Waals surface area contributed by atoms with Gasteiger partial charge >= 0.3 is 0 Å². The molecular weight excluding hydrogens is 158 g/mol. The lowest BCUT2D eigenvalue weighted by molar-refractivity contribution is 0.545. The maximum absolute atomic E-state index is 3.41. The molecule has 0 aliphatic heterocycles. The minimum Gasteiger partial charge on any atom is -0.316 e. The highest BCUT2D eigenvalue weighted by atomic mass is 14.8. The highest BCUT2D eigenvalue weighted by Crippen LogP contribution is 1.91. The van der Waals surface area contributed by atoms with Gasteiger partial charge in [-0.15, -0.1) is 11.8 Å². The molecule has 0 spiro atoms. The maximum atomic E-state index is 3.41. The lowest BCUT2D eigenvalue weighted by Gasteiger charge is -2.05. The molecule has 0 aliphatic rings. The predicted molar refractivity (Wildman–Crippen MR) is 61.7 cm³/mol. The maximum Gasteiger partial charge on any atom is 0.0146 e. The Morgan fingerprint density at radius 2 is 1.92 bits per heavy atom. The van der Waals surface area contributed by atoms with Crippen LogP contribution < -0.4 is 5.32 Å². The summed E-state index contributed by atoms with van der Waals surface area (Å²) in [7, 11) is 0. The van der Waals surface area contributed by atoms with Crippen molar-refractivity contribution in [2.24, 2.45) is 11.8 Å². The molecule has 1 N–H and O–H groups in total. The highest BCUT2D eigenvalue weighted by Gasteiger charge is 1.91. The molecule has 0 aromatic heterocycles. The van der Waals surface area contributed by atoms with Crippen molar-refractivity contribution in [1.82, 2.24) is 5.32 Å². The van der Waals surface area contributed by atoms with E-state index >= 15 is 0 Å². The molecular formula is C12H25N. The van der Waals surface area contributed by atoms with Crippen molar-refractivity contribution in [2.75, 3.05) is 13.1 Å². The number of hydrogen-bond acceptors (Lipinski definition) is 1. The largest absolute Gasteiger partial charge is 0.316 e. The fourth-order valence-electron chi connectivity index (χ4n) is 0.969. The van der Waals surface area contributed by atoms with E-state index in [-0.39, 0.29) is 1.43 Å². The standard InChI is InChI=1S/C12H23N.H2/c1-11(2)8-6-5-7-9-13-10-12(3)4;/h11-13H,5,7,9-10H2,1-4H3;1H. The summed E-state index contributed by atoms with van der Waals surface area (Å²) < 4.78 is 0. The number of nitrogens with one attached hydrogen (secondary N) is 1. The van der Waals surface area contributed by atoms with Crippen LogP contribution in [0.1, 0.15) is 42.0 Å². The molecule has 1 nitrogen and oxygen atoms in total. The molecule has 0 atom stereocenters. The van der Waals surface area contributed by atoms with Gasteiger partial charge in [-0.1, -0.05) is 27.7 Å². The van der Waals surface area contributed by atoms with E-state index in [4.69, 9.17) is 0 Å². The second-order valence-electron chi connectivity index (χ2n) is 4.18. The Morgan fingerprint density at radius 1 is 1.23 bits per heavy atom. The lowest BCUT2D eigenvalue weighted by Crippen LogP contribution is -2.20. The molecule has 0 rings (SSSR count). The molecule has 0 saturated heterocycles. The zero-order valence-electron chi connectivity index (χ0n) is 9.48. The van der Waals surface area contributed by atoms with E-state index < -0.39 is 0 Å². The first-order valence-electron chi connectivity index (χ1n) is 5.32. The highest BCUT2D eigenvalue weighted by molar-refractivity contribution is 5.00. The summed E-state index contributed by atoms with van der Waals surface area (Å²) in [4.78, 5) is 0. The van der Waals surface area contributed by atoms with Gasteiger partial charge in [0.15, 0.2) is 0 Å². The Bertz CT molecular complexity index is 165. The third kappa shape index (κ3) is 11.5. The van der Waals surface area contributed by atoms with Gasteiger partial charge < -0.3 is 5.32 Å². The van der Waals surface area contributed by atoms with Crippen molar-refractivity contribution in [3.8, 4) is 11.8 Å². The van der Waals surface area contributed by atoms with Gasteiger partial charge in [0.05, 0.1) is 0 Å². The topological polar surface area (TPSA) is 12.0 Å². The third-order valence-corrected chi connectivity index (χ3v) is 1.60. The summed E-state index contributed by atoms with van der Waals surface area (Å²) in [5.74, 6) is 7.62. The van der Waals surface area contributed by atoms with Gasteiger partial charge in [-0.2, -0.15) is 0 Å². The van der Waals surface area contributed by atoms with E-state index in [2.05, 4.69) is 44.9 Å². The van der Waals surface area contributed by atoms with E-state index in [1.165, 1.54) is 6.42 Å². The normalized spacial score (nSPS) is 10.3. The molecule has 0 aromatic carbocycles. The molecule has 0 aromatic rings. The number of hydrogen-bond donors (Lipinski definition) is 1. The van der Waals surface area contributed by atoms with E-state index in [9.17, 15) is 0 Å². The summed E-state index contributed by atoms with van der Waals surface area (Å²) in [5.41, 5.74) is 0. The molecule has 1 heteroatoms. The van der Waals surface area contributed by atoms with Crippen LogP contribution in [0.15, 0.2) is 0 Å². The van der Waals surface area contributed by atoms with E-state index in [1.54, 1.807) is 0 Å². The molecule has 0 aliphatic carbocycles. The molecule has 0 amide bonds. The van der Waals surface area contributed by atoms with Crippen LogP contribution in [0.3, 0.4) is 0 Å². The summed E-state index contributed by atoms with van der Waals surface area (Å²) in [6.07, 6.45) is 2.20. The Morgan fingerprint density at radius 3 is 2.46 bits per heavy atom. The Kier molecular flexibility index (Phi) is 7.83.